The first-order valence-electron chi connectivity index (χ1n) is 6.04. The third kappa shape index (κ3) is 4.73. The van der Waals surface area contributed by atoms with Gasteiger partial charge in [0.2, 0.25) is 5.91 Å². The molecule has 0 bridgehead atoms. The first-order chi connectivity index (χ1) is 8.31. The number of hydrogen-bond donors (Lipinski definition) is 1. The summed E-state index contributed by atoms with van der Waals surface area (Å²) >= 11 is 0. The van der Waals surface area contributed by atoms with Gasteiger partial charge in [0.05, 0.1) is 0 Å². The molecule has 2 amide bonds. The maximum atomic E-state index is 11.5. The first-order valence-corrected chi connectivity index (χ1v) is 6.04. The SMILES string of the molecule is CC(C)(C)OC(=O)N[C@H](C=O)CN1CCCC1=O. The number of rotatable bonds is 4. The Morgan fingerprint density at radius 2 is 2.22 bits per heavy atom. The van der Waals surface area contributed by atoms with E-state index in [0.29, 0.717) is 19.3 Å². The molecule has 0 radical (unpaired) electrons. The molecule has 1 N–H and O–H groups in total. The molecule has 0 aromatic rings. The zero-order valence-corrected chi connectivity index (χ0v) is 11.1. The second-order valence-electron chi connectivity index (χ2n) is 5.33. The summed E-state index contributed by atoms with van der Waals surface area (Å²) in [5.41, 5.74) is -0.610. The lowest BCUT2D eigenvalue weighted by atomic mass is 10.2. The molecule has 1 saturated heterocycles. The minimum atomic E-state index is -0.720. The summed E-state index contributed by atoms with van der Waals surface area (Å²) in [6.07, 6.45) is 1.29. The van der Waals surface area contributed by atoms with E-state index < -0.39 is 17.7 Å². The number of likely N-dealkylation sites (tertiary alicyclic amines) is 1. The van der Waals surface area contributed by atoms with Crippen LogP contribution in [-0.2, 0) is 14.3 Å². The first kappa shape index (κ1) is 14.5. The Labute approximate surface area is 107 Å². The van der Waals surface area contributed by atoms with E-state index in [2.05, 4.69) is 5.32 Å². The van der Waals surface area contributed by atoms with Crippen molar-refractivity contribution in [2.75, 3.05) is 13.1 Å². The summed E-state index contributed by atoms with van der Waals surface area (Å²) < 4.78 is 5.05. The van der Waals surface area contributed by atoms with Crippen LogP contribution in [0.15, 0.2) is 0 Å². The van der Waals surface area contributed by atoms with E-state index in [1.807, 2.05) is 0 Å². The van der Waals surface area contributed by atoms with Crippen molar-refractivity contribution in [3.05, 3.63) is 0 Å². The van der Waals surface area contributed by atoms with Crippen LogP contribution < -0.4 is 5.32 Å². The zero-order chi connectivity index (χ0) is 13.8. The van der Waals surface area contributed by atoms with Gasteiger partial charge in [-0.05, 0) is 27.2 Å². The Morgan fingerprint density at radius 3 is 2.67 bits per heavy atom. The number of nitrogens with zero attached hydrogens (tertiary/aromatic N) is 1. The van der Waals surface area contributed by atoms with Crippen LogP contribution in [0.2, 0.25) is 0 Å². The fourth-order valence-electron chi connectivity index (χ4n) is 1.72. The molecule has 0 saturated carbocycles. The molecule has 0 unspecified atom stereocenters. The average Bonchev–Trinajstić information content (AvgIpc) is 2.60. The van der Waals surface area contributed by atoms with Crippen LogP contribution in [0.25, 0.3) is 0 Å². The lowest BCUT2D eigenvalue weighted by Gasteiger charge is -2.24. The van der Waals surface area contributed by atoms with Crippen molar-refractivity contribution in [1.29, 1.82) is 0 Å². The number of hydrogen-bond acceptors (Lipinski definition) is 4. The van der Waals surface area contributed by atoms with Gasteiger partial charge in [0.15, 0.2) is 0 Å². The van der Waals surface area contributed by atoms with E-state index in [0.717, 1.165) is 6.42 Å². The molecule has 1 fully saturated rings. The molecular weight excluding hydrogens is 236 g/mol. The maximum Gasteiger partial charge on any atom is 0.408 e. The summed E-state index contributed by atoms with van der Waals surface area (Å²) in [5, 5.41) is 2.45. The Kier molecular flexibility index (Phi) is 4.69. The molecule has 102 valence electrons. The standard InChI is InChI=1S/C12H20N2O4/c1-12(2,3)18-11(17)13-9(8-15)7-14-6-4-5-10(14)16/h8-9H,4-7H2,1-3H3,(H,13,17)/t9-/m0/s1. The van der Waals surface area contributed by atoms with Gasteiger partial charge in [-0.3, -0.25) is 4.79 Å². The highest BCUT2D eigenvalue weighted by Gasteiger charge is 2.25. The molecule has 1 aliphatic rings. The van der Waals surface area contributed by atoms with Crippen molar-refractivity contribution in [1.82, 2.24) is 10.2 Å². The minimum Gasteiger partial charge on any atom is -0.444 e. The molecular formula is C12H20N2O4. The third-order valence-electron chi connectivity index (χ3n) is 2.45. The molecule has 0 spiro atoms. The second kappa shape index (κ2) is 5.84. The van der Waals surface area contributed by atoms with Crippen LogP contribution in [0, 0.1) is 0 Å². The maximum absolute atomic E-state index is 11.5. The molecule has 0 aromatic heterocycles. The number of ether oxygens (including phenoxy) is 1. The molecule has 1 aliphatic heterocycles. The summed E-state index contributed by atoms with van der Waals surface area (Å²) in [6.45, 7) is 6.08. The van der Waals surface area contributed by atoms with E-state index in [4.69, 9.17) is 4.74 Å². The number of amides is 2. The highest BCUT2D eigenvalue weighted by molar-refractivity contribution is 5.79. The predicted octanol–water partition coefficient (Wildman–Crippen LogP) is 0.701. The van der Waals surface area contributed by atoms with Crippen LogP contribution in [0.4, 0.5) is 4.79 Å². The summed E-state index contributed by atoms with van der Waals surface area (Å²) in [7, 11) is 0. The summed E-state index contributed by atoms with van der Waals surface area (Å²) in [4.78, 5) is 35.4. The average molecular weight is 256 g/mol. The van der Waals surface area contributed by atoms with Crippen molar-refractivity contribution in [3.8, 4) is 0 Å². The quantitative estimate of drug-likeness (QED) is 0.751. The Bertz CT molecular complexity index is 335. The lowest BCUT2D eigenvalue weighted by Crippen LogP contribution is -2.46. The van der Waals surface area contributed by atoms with Crippen molar-refractivity contribution < 1.29 is 19.1 Å². The van der Waals surface area contributed by atoms with Crippen molar-refractivity contribution >= 4 is 18.3 Å². The van der Waals surface area contributed by atoms with E-state index in [9.17, 15) is 14.4 Å². The number of carbonyl (C=O) groups is 3. The van der Waals surface area contributed by atoms with E-state index in [1.54, 1.807) is 25.7 Å². The normalized spacial score (nSPS) is 17.5. The monoisotopic (exact) mass is 256 g/mol. The van der Waals surface area contributed by atoms with E-state index in [1.165, 1.54) is 0 Å². The van der Waals surface area contributed by atoms with Gasteiger partial charge in [-0.25, -0.2) is 4.79 Å². The smallest absolute Gasteiger partial charge is 0.408 e. The van der Waals surface area contributed by atoms with Gasteiger partial charge in [0.25, 0.3) is 0 Å². The van der Waals surface area contributed by atoms with Gasteiger partial charge in [-0.15, -0.1) is 0 Å². The number of aldehydes is 1. The Hall–Kier alpha value is -1.59. The molecule has 18 heavy (non-hydrogen) atoms. The number of carbonyl (C=O) groups excluding carboxylic acids is 3. The van der Waals surface area contributed by atoms with Crippen molar-refractivity contribution in [2.24, 2.45) is 0 Å². The van der Waals surface area contributed by atoms with Crippen LogP contribution in [0.3, 0.4) is 0 Å². The van der Waals surface area contributed by atoms with E-state index in [-0.39, 0.29) is 12.5 Å². The molecule has 0 aromatic carbocycles. The highest BCUT2D eigenvalue weighted by Crippen LogP contribution is 2.10. The van der Waals surface area contributed by atoms with Crippen LogP contribution >= 0.6 is 0 Å². The van der Waals surface area contributed by atoms with Gasteiger partial charge in [0, 0.05) is 19.5 Å². The minimum absolute atomic E-state index is 0.0211. The second-order valence-corrected chi connectivity index (χ2v) is 5.33. The van der Waals surface area contributed by atoms with Gasteiger partial charge in [-0.2, -0.15) is 0 Å². The fraction of sp³-hybridized carbons (Fsp3) is 0.750. The lowest BCUT2D eigenvalue weighted by molar-refractivity contribution is -0.128. The topological polar surface area (TPSA) is 75.7 Å². The molecule has 1 rings (SSSR count). The molecule has 1 heterocycles. The predicted molar refractivity (Wildman–Crippen MR) is 65.0 cm³/mol. The van der Waals surface area contributed by atoms with Crippen molar-refractivity contribution in [3.63, 3.8) is 0 Å². The molecule has 6 heteroatoms. The van der Waals surface area contributed by atoms with Crippen LogP contribution in [0.1, 0.15) is 33.6 Å². The van der Waals surface area contributed by atoms with Crippen LogP contribution in [-0.4, -0.2) is 47.9 Å². The fourth-order valence-corrected chi connectivity index (χ4v) is 1.72. The van der Waals surface area contributed by atoms with Crippen LogP contribution in [0.5, 0.6) is 0 Å². The van der Waals surface area contributed by atoms with Gasteiger partial charge >= 0.3 is 6.09 Å². The van der Waals surface area contributed by atoms with E-state index >= 15 is 0 Å². The number of nitrogens with one attached hydrogen (secondary N) is 1. The third-order valence-corrected chi connectivity index (χ3v) is 2.45. The summed E-state index contributed by atoms with van der Waals surface area (Å²) in [6, 6.07) is -0.720. The van der Waals surface area contributed by atoms with Crippen molar-refractivity contribution in [2.45, 2.75) is 45.3 Å². The zero-order valence-electron chi connectivity index (χ0n) is 11.1. The molecule has 1 atom stereocenters. The Morgan fingerprint density at radius 1 is 1.56 bits per heavy atom. The highest BCUT2D eigenvalue weighted by atomic mass is 16.6. The summed E-state index contributed by atoms with van der Waals surface area (Å²) in [5.74, 6) is 0.0211. The molecule has 6 nitrogen and oxygen atoms in total. The van der Waals surface area contributed by atoms with Gasteiger partial charge in [0.1, 0.15) is 17.9 Å². The number of alkyl carbamates (subject to hydrolysis) is 1. The largest absolute Gasteiger partial charge is 0.444 e. The van der Waals surface area contributed by atoms with Gasteiger partial charge in [-0.1, -0.05) is 0 Å². The van der Waals surface area contributed by atoms with Gasteiger partial charge < -0.3 is 19.7 Å². The molecule has 0 aliphatic carbocycles. The Balaban J connectivity index is 2.44.